The zero-order valence-corrected chi connectivity index (χ0v) is 25.9. The number of anilines is 4. The third-order valence-electron chi connectivity index (χ3n) is 9.21. The molecule has 1 aromatic carbocycles. The summed E-state index contributed by atoms with van der Waals surface area (Å²) in [5.74, 6) is 0.0864. The average molecular weight is 590 g/mol. The summed E-state index contributed by atoms with van der Waals surface area (Å²) in [6, 6.07) is 6.90. The molecule has 5 N–H and O–H groups in total. The number of benzene rings is 1. The molecular weight excluding hydrogens is 542 g/mol. The van der Waals surface area contributed by atoms with Gasteiger partial charge in [-0.15, -0.1) is 0 Å². The van der Waals surface area contributed by atoms with E-state index in [1.165, 1.54) is 37.7 Å². The molecule has 1 saturated carbocycles. The predicted molar refractivity (Wildman–Crippen MR) is 172 cm³/mol. The molecule has 2 saturated heterocycles. The standard InChI is InChI=1S/C32H47N9O2/c1-5-24-31(37-26-9-7-8-25(26)35-28(42)6-2)38-32(29(36-24)30(33)43)34-22-10-11-27(21(3)20-22)41-14-12-23(13-15-41)40-18-16-39(4)17-19-40/h6,10-11,20,23,25-26H,2,5,7-9,12-19H2,1,3-4H3,(H2,33,43)(H,35,42)(H2,34,37,38)/t25-,26+/m1/s1. The summed E-state index contributed by atoms with van der Waals surface area (Å²) in [6.07, 6.45) is 6.97. The first kappa shape index (κ1) is 30.7. The Morgan fingerprint density at radius 3 is 2.40 bits per heavy atom. The number of nitrogens with zero attached hydrogens (tertiary/aromatic N) is 5. The molecule has 2 aromatic rings. The molecule has 3 fully saturated rings. The van der Waals surface area contributed by atoms with Crippen LogP contribution in [0.1, 0.15) is 60.8 Å². The maximum atomic E-state index is 12.4. The molecule has 2 amide bonds. The van der Waals surface area contributed by atoms with E-state index in [0.29, 0.717) is 29.8 Å². The molecule has 0 spiro atoms. The number of amides is 2. The van der Waals surface area contributed by atoms with Crippen molar-refractivity contribution in [1.29, 1.82) is 0 Å². The number of hydrogen-bond acceptors (Lipinski definition) is 9. The highest BCUT2D eigenvalue weighted by atomic mass is 16.2. The van der Waals surface area contributed by atoms with Crippen LogP contribution in [0.15, 0.2) is 30.9 Å². The molecule has 1 aromatic heterocycles. The van der Waals surface area contributed by atoms with Gasteiger partial charge in [0.1, 0.15) is 0 Å². The van der Waals surface area contributed by atoms with Gasteiger partial charge in [0.15, 0.2) is 17.3 Å². The van der Waals surface area contributed by atoms with E-state index in [9.17, 15) is 9.59 Å². The van der Waals surface area contributed by atoms with Crippen LogP contribution in [-0.4, -0.2) is 96.0 Å². The molecule has 11 nitrogen and oxygen atoms in total. The number of carbonyl (C=O) groups excluding carboxylic acids is 2. The van der Waals surface area contributed by atoms with Gasteiger partial charge in [0.05, 0.1) is 5.69 Å². The zero-order chi connectivity index (χ0) is 30.5. The van der Waals surface area contributed by atoms with Gasteiger partial charge >= 0.3 is 0 Å². The van der Waals surface area contributed by atoms with Crippen LogP contribution in [0.3, 0.4) is 0 Å². The Balaban J connectivity index is 1.29. The number of aryl methyl sites for hydroxylation is 2. The highest BCUT2D eigenvalue weighted by Gasteiger charge is 2.30. The fraction of sp³-hybridized carbons (Fsp3) is 0.562. The maximum Gasteiger partial charge on any atom is 0.271 e. The van der Waals surface area contributed by atoms with Crippen molar-refractivity contribution in [2.24, 2.45) is 5.73 Å². The van der Waals surface area contributed by atoms with Crippen LogP contribution in [0.25, 0.3) is 0 Å². The highest BCUT2D eigenvalue weighted by molar-refractivity contribution is 5.96. The van der Waals surface area contributed by atoms with Crippen LogP contribution < -0.4 is 26.6 Å². The third kappa shape index (κ3) is 7.27. The fourth-order valence-corrected chi connectivity index (χ4v) is 6.70. The minimum atomic E-state index is -0.634. The van der Waals surface area contributed by atoms with E-state index in [2.05, 4.69) is 68.3 Å². The van der Waals surface area contributed by atoms with Gasteiger partial charge in [-0.25, -0.2) is 9.97 Å². The number of piperidine rings is 1. The van der Waals surface area contributed by atoms with Gasteiger partial charge < -0.3 is 31.5 Å². The summed E-state index contributed by atoms with van der Waals surface area (Å²) in [6.45, 7) is 14.4. The number of piperazine rings is 1. The first-order valence-electron chi connectivity index (χ1n) is 15.7. The number of nitrogens with two attached hydrogens (primary N) is 1. The molecule has 11 heteroatoms. The van der Waals surface area contributed by atoms with Crippen LogP contribution >= 0.6 is 0 Å². The first-order chi connectivity index (χ1) is 20.7. The smallest absolute Gasteiger partial charge is 0.271 e. The lowest BCUT2D eigenvalue weighted by Gasteiger charge is -2.43. The summed E-state index contributed by atoms with van der Waals surface area (Å²) in [7, 11) is 2.21. The Labute approximate surface area is 255 Å². The van der Waals surface area contributed by atoms with Crippen LogP contribution in [0.2, 0.25) is 0 Å². The zero-order valence-electron chi connectivity index (χ0n) is 25.9. The van der Waals surface area contributed by atoms with Gasteiger partial charge in [-0.3, -0.25) is 14.5 Å². The van der Waals surface area contributed by atoms with Gasteiger partial charge in [-0.05, 0) is 82.3 Å². The lowest BCUT2D eigenvalue weighted by molar-refractivity contribution is -0.117. The molecule has 0 radical (unpaired) electrons. The van der Waals surface area contributed by atoms with E-state index >= 15 is 0 Å². The molecule has 2 aliphatic heterocycles. The number of likely N-dealkylation sites (N-methyl/N-ethyl adjacent to an activating group) is 1. The third-order valence-corrected chi connectivity index (χ3v) is 9.21. The molecule has 232 valence electrons. The van der Waals surface area contributed by atoms with E-state index < -0.39 is 5.91 Å². The Morgan fingerprint density at radius 2 is 1.74 bits per heavy atom. The summed E-state index contributed by atoms with van der Waals surface area (Å²) >= 11 is 0. The molecular formula is C32H47N9O2. The summed E-state index contributed by atoms with van der Waals surface area (Å²) < 4.78 is 0. The second kappa shape index (κ2) is 13.7. The lowest BCUT2D eigenvalue weighted by Crippen LogP contribution is -2.52. The SMILES string of the molecule is C=CC(=O)N[C@@H]1CCC[C@@H]1Nc1nc(Nc2ccc(N3CCC(N4CCN(C)CC4)CC3)c(C)c2)c(C(N)=O)nc1CC. The number of primary amides is 1. The monoisotopic (exact) mass is 589 g/mol. The molecule has 5 rings (SSSR count). The number of rotatable bonds is 10. The van der Waals surface area contributed by atoms with Gasteiger partial charge in [0.25, 0.3) is 5.91 Å². The van der Waals surface area contributed by atoms with E-state index in [-0.39, 0.29) is 23.7 Å². The Hall–Kier alpha value is -3.70. The Kier molecular flexibility index (Phi) is 9.82. The Bertz CT molecular complexity index is 1320. The van der Waals surface area contributed by atoms with Crippen molar-refractivity contribution in [3.8, 4) is 0 Å². The van der Waals surface area contributed by atoms with Crippen molar-refractivity contribution >= 4 is 34.8 Å². The second-order valence-corrected chi connectivity index (χ2v) is 12.1. The van der Waals surface area contributed by atoms with Crippen molar-refractivity contribution in [3.63, 3.8) is 0 Å². The van der Waals surface area contributed by atoms with E-state index in [0.717, 1.165) is 56.7 Å². The topological polar surface area (TPSA) is 132 Å². The van der Waals surface area contributed by atoms with Gasteiger partial charge in [-0.1, -0.05) is 13.5 Å². The molecule has 0 unspecified atom stereocenters. The van der Waals surface area contributed by atoms with Crippen molar-refractivity contribution in [2.75, 3.05) is 61.8 Å². The first-order valence-corrected chi connectivity index (χ1v) is 15.7. The molecule has 2 atom stereocenters. The summed E-state index contributed by atoms with van der Waals surface area (Å²) in [5, 5.41) is 9.83. The summed E-state index contributed by atoms with van der Waals surface area (Å²) in [5.41, 5.74) is 9.73. The van der Waals surface area contributed by atoms with Crippen LogP contribution in [0.5, 0.6) is 0 Å². The average Bonchev–Trinajstić information content (AvgIpc) is 3.43. The van der Waals surface area contributed by atoms with Crippen LogP contribution in [0, 0.1) is 6.92 Å². The van der Waals surface area contributed by atoms with E-state index in [1.807, 2.05) is 13.0 Å². The number of nitrogens with one attached hydrogen (secondary N) is 3. The summed E-state index contributed by atoms with van der Waals surface area (Å²) in [4.78, 5) is 41.4. The number of hydrogen-bond donors (Lipinski definition) is 4. The van der Waals surface area contributed by atoms with E-state index in [4.69, 9.17) is 10.7 Å². The predicted octanol–water partition coefficient (Wildman–Crippen LogP) is 3.04. The number of carbonyl (C=O) groups is 2. The Morgan fingerprint density at radius 1 is 1.02 bits per heavy atom. The van der Waals surface area contributed by atoms with Gasteiger partial charge in [0, 0.05) is 68.8 Å². The fourth-order valence-electron chi connectivity index (χ4n) is 6.70. The van der Waals surface area contributed by atoms with Gasteiger partial charge in [-0.2, -0.15) is 0 Å². The largest absolute Gasteiger partial charge is 0.371 e. The highest BCUT2D eigenvalue weighted by Crippen LogP contribution is 2.31. The van der Waals surface area contributed by atoms with Crippen LogP contribution in [0.4, 0.5) is 23.0 Å². The minimum absolute atomic E-state index is 0.00213. The van der Waals surface area contributed by atoms with Crippen molar-refractivity contribution < 1.29 is 9.59 Å². The van der Waals surface area contributed by atoms with Crippen molar-refractivity contribution in [3.05, 3.63) is 47.8 Å². The van der Waals surface area contributed by atoms with Gasteiger partial charge in [0.2, 0.25) is 5.91 Å². The van der Waals surface area contributed by atoms with Crippen molar-refractivity contribution in [1.82, 2.24) is 25.1 Å². The van der Waals surface area contributed by atoms with Crippen molar-refractivity contribution in [2.45, 2.75) is 70.5 Å². The molecule has 1 aliphatic carbocycles. The second-order valence-electron chi connectivity index (χ2n) is 12.1. The maximum absolute atomic E-state index is 12.4. The number of aromatic nitrogens is 2. The minimum Gasteiger partial charge on any atom is -0.371 e. The molecule has 3 heterocycles. The quantitative estimate of drug-likeness (QED) is 0.309. The molecule has 3 aliphatic rings. The molecule has 43 heavy (non-hydrogen) atoms. The van der Waals surface area contributed by atoms with Crippen LogP contribution in [-0.2, 0) is 11.2 Å². The van der Waals surface area contributed by atoms with E-state index in [1.54, 1.807) is 0 Å². The normalized spacial score (nSPS) is 21.9. The molecule has 0 bridgehead atoms. The lowest BCUT2D eigenvalue weighted by atomic mass is 10.0.